The molecule has 0 saturated carbocycles. The van der Waals surface area contributed by atoms with Gasteiger partial charge < -0.3 is 10.6 Å². The maximum Gasteiger partial charge on any atom is 0.220 e. The molecule has 1 rings (SSSR count). The Balaban J connectivity index is 0.00000324. The molecule has 6 heteroatoms. The van der Waals surface area contributed by atoms with E-state index >= 15 is 0 Å². The third kappa shape index (κ3) is 7.78. The van der Waals surface area contributed by atoms with E-state index in [1.54, 1.807) is 0 Å². The fraction of sp³-hybridized carbons (Fsp3) is 0.462. The summed E-state index contributed by atoms with van der Waals surface area (Å²) in [5, 5.41) is 6.72. The van der Waals surface area contributed by atoms with Crippen LogP contribution in [0.1, 0.15) is 18.9 Å². The van der Waals surface area contributed by atoms with Gasteiger partial charge in [-0.05, 0) is 36.7 Å². The molecule has 19 heavy (non-hydrogen) atoms. The fourth-order valence-corrected chi connectivity index (χ4v) is 2.18. The van der Waals surface area contributed by atoms with Crippen molar-refractivity contribution in [3.05, 3.63) is 33.3 Å². The lowest BCUT2D eigenvalue weighted by molar-refractivity contribution is -0.121. The minimum atomic E-state index is 0. The summed E-state index contributed by atoms with van der Waals surface area (Å²) < 4.78 is 0.993. The van der Waals surface area contributed by atoms with Crippen molar-refractivity contribution in [3.63, 3.8) is 0 Å². The second-order valence-electron chi connectivity index (χ2n) is 3.94. The second-order valence-corrected chi connectivity index (χ2v) is 5.23. The molecule has 0 spiro atoms. The largest absolute Gasteiger partial charge is 0.355 e. The van der Waals surface area contributed by atoms with Crippen LogP contribution >= 0.6 is 39.9 Å². The van der Waals surface area contributed by atoms with E-state index < -0.39 is 0 Å². The molecular formula is C13H19BrCl2N2O. The van der Waals surface area contributed by atoms with Gasteiger partial charge in [0.2, 0.25) is 5.91 Å². The zero-order valence-electron chi connectivity index (χ0n) is 10.8. The molecule has 0 fully saturated rings. The first-order valence-electron chi connectivity index (χ1n) is 6.04. The van der Waals surface area contributed by atoms with Crippen molar-refractivity contribution >= 4 is 45.8 Å². The van der Waals surface area contributed by atoms with E-state index in [9.17, 15) is 4.79 Å². The Bertz CT molecular complexity index is 402. The highest BCUT2D eigenvalue weighted by Gasteiger charge is 2.05. The van der Waals surface area contributed by atoms with E-state index in [-0.39, 0.29) is 18.3 Å². The number of rotatable bonds is 7. The summed E-state index contributed by atoms with van der Waals surface area (Å²) in [6, 6.07) is 5.62. The Hall–Kier alpha value is -0.290. The SMILES string of the molecule is CCNCCNC(=O)CCc1cc(Cl)ccc1Br.Cl. The summed E-state index contributed by atoms with van der Waals surface area (Å²) in [7, 11) is 0. The molecule has 0 heterocycles. The predicted molar refractivity (Wildman–Crippen MR) is 86.3 cm³/mol. The van der Waals surface area contributed by atoms with E-state index in [1.165, 1.54) is 0 Å². The monoisotopic (exact) mass is 368 g/mol. The summed E-state index contributed by atoms with van der Waals surface area (Å²) in [5.74, 6) is 0.0692. The van der Waals surface area contributed by atoms with Crippen LogP contribution in [0.3, 0.4) is 0 Å². The number of benzene rings is 1. The van der Waals surface area contributed by atoms with Crippen LogP contribution in [0.25, 0.3) is 0 Å². The van der Waals surface area contributed by atoms with Gasteiger partial charge in [-0.15, -0.1) is 12.4 Å². The van der Waals surface area contributed by atoms with Crippen LogP contribution in [0.4, 0.5) is 0 Å². The number of aryl methyl sites for hydroxylation is 1. The van der Waals surface area contributed by atoms with Gasteiger partial charge >= 0.3 is 0 Å². The predicted octanol–water partition coefficient (Wildman–Crippen LogP) is 3.18. The minimum absolute atomic E-state index is 0. The van der Waals surface area contributed by atoms with E-state index in [2.05, 4.69) is 26.6 Å². The molecule has 0 aromatic heterocycles. The van der Waals surface area contributed by atoms with Gasteiger partial charge in [0, 0.05) is 29.0 Å². The highest BCUT2D eigenvalue weighted by Crippen LogP contribution is 2.22. The van der Waals surface area contributed by atoms with Crippen molar-refractivity contribution in [1.82, 2.24) is 10.6 Å². The Morgan fingerprint density at radius 2 is 2.11 bits per heavy atom. The lowest BCUT2D eigenvalue weighted by atomic mass is 10.1. The molecule has 0 aliphatic rings. The first-order chi connectivity index (χ1) is 8.63. The molecule has 0 unspecified atom stereocenters. The van der Waals surface area contributed by atoms with Gasteiger partial charge in [-0.3, -0.25) is 4.79 Å². The molecule has 0 bridgehead atoms. The van der Waals surface area contributed by atoms with Crippen molar-refractivity contribution in [3.8, 4) is 0 Å². The number of nitrogens with one attached hydrogen (secondary N) is 2. The molecule has 1 aromatic carbocycles. The van der Waals surface area contributed by atoms with Crippen molar-refractivity contribution in [2.45, 2.75) is 19.8 Å². The Morgan fingerprint density at radius 1 is 1.37 bits per heavy atom. The smallest absolute Gasteiger partial charge is 0.220 e. The normalized spacial score (nSPS) is 9.84. The van der Waals surface area contributed by atoms with Gasteiger partial charge in [0.15, 0.2) is 0 Å². The van der Waals surface area contributed by atoms with Crippen LogP contribution in [0.2, 0.25) is 5.02 Å². The average molecular weight is 370 g/mol. The van der Waals surface area contributed by atoms with Crippen LogP contribution in [0.5, 0.6) is 0 Å². The second kappa shape index (κ2) is 10.5. The number of hydrogen-bond acceptors (Lipinski definition) is 2. The van der Waals surface area contributed by atoms with Crippen molar-refractivity contribution in [2.75, 3.05) is 19.6 Å². The number of likely N-dealkylation sites (N-methyl/N-ethyl adjacent to an activating group) is 1. The summed E-state index contributed by atoms with van der Waals surface area (Å²) in [6.45, 7) is 4.44. The van der Waals surface area contributed by atoms with Crippen molar-refractivity contribution in [2.24, 2.45) is 0 Å². The van der Waals surface area contributed by atoms with E-state index in [0.29, 0.717) is 24.4 Å². The molecule has 0 aliphatic heterocycles. The maximum atomic E-state index is 11.6. The molecule has 0 aliphatic carbocycles. The van der Waals surface area contributed by atoms with E-state index in [1.807, 2.05) is 25.1 Å². The average Bonchev–Trinajstić information content (AvgIpc) is 2.36. The third-order valence-corrected chi connectivity index (χ3v) is 3.51. The van der Waals surface area contributed by atoms with E-state index in [4.69, 9.17) is 11.6 Å². The Kier molecular flexibility index (Phi) is 10.3. The van der Waals surface area contributed by atoms with Crippen molar-refractivity contribution in [1.29, 1.82) is 0 Å². The fourth-order valence-electron chi connectivity index (χ4n) is 1.54. The van der Waals surface area contributed by atoms with Crippen LogP contribution in [-0.4, -0.2) is 25.5 Å². The quantitative estimate of drug-likeness (QED) is 0.724. The number of carbonyl (C=O) groups excluding carboxylic acids is 1. The molecule has 108 valence electrons. The van der Waals surface area contributed by atoms with Gasteiger partial charge in [0.05, 0.1) is 0 Å². The van der Waals surface area contributed by atoms with E-state index in [0.717, 1.165) is 23.1 Å². The number of carbonyl (C=O) groups is 1. The lowest BCUT2D eigenvalue weighted by Crippen LogP contribution is -2.31. The van der Waals surface area contributed by atoms with Crippen LogP contribution in [0, 0.1) is 0 Å². The minimum Gasteiger partial charge on any atom is -0.355 e. The molecular weight excluding hydrogens is 351 g/mol. The maximum absolute atomic E-state index is 11.6. The highest BCUT2D eigenvalue weighted by atomic mass is 79.9. The van der Waals surface area contributed by atoms with Crippen LogP contribution in [-0.2, 0) is 11.2 Å². The topological polar surface area (TPSA) is 41.1 Å². The molecule has 0 radical (unpaired) electrons. The summed E-state index contributed by atoms with van der Waals surface area (Å²) in [6.07, 6.45) is 1.17. The Labute approximate surface area is 134 Å². The molecule has 0 atom stereocenters. The number of amides is 1. The standard InChI is InChI=1S/C13H18BrClN2O.ClH/c1-2-16-7-8-17-13(18)6-3-10-9-11(15)4-5-12(10)14;/h4-5,9,16H,2-3,6-8H2,1H3,(H,17,18);1H. The first kappa shape index (κ1) is 18.7. The van der Waals surface area contributed by atoms with Gasteiger partial charge in [-0.25, -0.2) is 0 Å². The molecule has 3 nitrogen and oxygen atoms in total. The highest BCUT2D eigenvalue weighted by molar-refractivity contribution is 9.10. The van der Waals surface area contributed by atoms with Gasteiger partial charge in [0.25, 0.3) is 0 Å². The zero-order valence-corrected chi connectivity index (χ0v) is 14.0. The zero-order chi connectivity index (χ0) is 13.4. The number of halogens is 3. The van der Waals surface area contributed by atoms with Gasteiger partial charge in [-0.2, -0.15) is 0 Å². The van der Waals surface area contributed by atoms with Gasteiger partial charge in [-0.1, -0.05) is 34.5 Å². The van der Waals surface area contributed by atoms with Gasteiger partial charge in [0.1, 0.15) is 0 Å². The summed E-state index contributed by atoms with van der Waals surface area (Å²) >= 11 is 9.37. The molecule has 0 saturated heterocycles. The van der Waals surface area contributed by atoms with Crippen LogP contribution in [0.15, 0.2) is 22.7 Å². The molecule has 1 aromatic rings. The first-order valence-corrected chi connectivity index (χ1v) is 7.22. The lowest BCUT2D eigenvalue weighted by Gasteiger charge is -2.07. The summed E-state index contributed by atoms with van der Waals surface area (Å²) in [5.41, 5.74) is 1.06. The Morgan fingerprint density at radius 3 is 2.79 bits per heavy atom. The molecule has 2 N–H and O–H groups in total. The van der Waals surface area contributed by atoms with Crippen LogP contribution < -0.4 is 10.6 Å². The number of hydrogen-bond donors (Lipinski definition) is 2. The molecule has 1 amide bonds. The summed E-state index contributed by atoms with van der Waals surface area (Å²) in [4.78, 5) is 11.6. The van der Waals surface area contributed by atoms with Crippen molar-refractivity contribution < 1.29 is 4.79 Å². The third-order valence-electron chi connectivity index (χ3n) is 2.50.